The zero-order valence-electron chi connectivity index (χ0n) is 7.74. The number of hydrogen-bond donors (Lipinski definition) is 3. The van der Waals surface area contributed by atoms with Crippen LogP contribution in [-0.4, -0.2) is 42.7 Å². The lowest BCUT2D eigenvalue weighted by Crippen LogP contribution is -2.30. The van der Waals surface area contributed by atoms with Crippen LogP contribution in [0.3, 0.4) is 0 Å². The highest BCUT2D eigenvalue weighted by atomic mass is 16.3. The Balaban J connectivity index is 4.03. The van der Waals surface area contributed by atoms with Crippen molar-refractivity contribution in [2.24, 2.45) is 26.8 Å². The molecule has 0 unspecified atom stereocenters. The van der Waals surface area contributed by atoms with Crippen molar-refractivity contribution < 1.29 is 5.11 Å². The van der Waals surface area contributed by atoms with Crippen LogP contribution in [-0.2, 0) is 0 Å². The van der Waals surface area contributed by atoms with Gasteiger partial charge in [-0.1, -0.05) is 0 Å². The van der Waals surface area contributed by atoms with Gasteiger partial charge >= 0.3 is 0 Å². The first-order chi connectivity index (χ1) is 6.74. The van der Waals surface area contributed by atoms with E-state index in [4.69, 9.17) is 16.8 Å². The number of nitrogens with two attached hydrogens (primary N) is 2. The summed E-state index contributed by atoms with van der Waals surface area (Å²) in [5, 5.41) is 13.2. The normalized spacial score (nSPS) is 12.6. The molecule has 0 fully saturated rings. The lowest BCUT2D eigenvalue weighted by molar-refractivity contribution is 0.337. The molecular weight excluding hydrogens is 184 g/mol. The van der Waals surface area contributed by atoms with Gasteiger partial charge in [-0.25, -0.2) is 5.84 Å². The summed E-state index contributed by atoms with van der Waals surface area (Å²) in [6, 6.07) is 0. The van der Waals surface area contributed by atoms with Crippen molar-refractivity contribution in [2.75, 3.05) is 13.3 Å². The first-order valence-corrected chi connectivity index (χ1v) is 3.75. The van der Waals surface area contributed by atoms with Crippen LogP contribution in [0.4, 0.5) is 0 Å². The van der Waals surface area contributed by atoms with Crippen molar-refractivity contribution in [2.45, 2.75) is 0 Å². The first kappa shape index (κ1) is 12.3. The van der Waals surface area contributed by atoms with E-state index in [9.17, 15) is 0 Å². The summed E-state index contributed by atoms with van der Waals surface area (Å²) < 4.78 is 0. The Bertz CT molecular complexity index is 247. The van der Waals surface area contributed by atoms with Crippen LogP contribution in [0.2, 0.25) is 0 Å². The van der Waals surface area contributed by atoms with E-state index in [1.54, 1.807) is 0 Å². The van der Waals surface area contributed by atoms with Crippen LogP contribution in [0.5, 0.6) is 0 Å². The molecule has 0 rings (SSSR count). The molecule has 7 heteroatoms. The Hall–Kier alpha value is -1.73. The molecule has 0 heterocycles. The molecule has 0 spiro atoms. The van der Waals surface area contributed by atoms with Gasteiger partial charge in [0.2, 0.25) is 0 Å². The first-order valence-electron chi connectivity index (χ1n) is 3.75. The van der Waals surface area contributed by atoms with Gasteiger partial charge in [-0.05, 0) is 6.72 Å². The van der Waals surface area contributed by atoms with E-state index < -0.39 is 0 Å². The molecule has 78 valence electrons. The van der Waals surface area contributed by atoms with Crippen LogP contribution >= 0.6 is 0 Å². The molecule has 0 aromatic carbocycles. The fourth-order valence-electron chi connectivity index (χ4n) is 0.607. The minimum Gasteiger partial charge on any atom is -0.392 e. The molecule has 14 heavy (non-hydrogen) atoms. The lowest BCUT2D eigenvalue weighted by Gasteiger charge is -2.06. The number of hydrazine groups is 1. The van der Waals surface area contributed by atoms with E-state index in [1.165, 1.54) is 23.8 Å². The van der Waals surface area contributed by atoms with Gasteiger partial charge in [0.25, 0.3) is 0 Å². The van der Waals surface area contributed by atoms with Crippen molar-refractivity contribution in [3.63, 3.8) is 0 Å². The lowest BCUT2D eigenvalue weighted by atomic mass is 10.3. The van der Waals surface area contributed by atoms with Gasteiger partial charge in [0.15, 0.2) is 0 Å². The van der Waals surface area contributed by atoms with Crippen LogP contribution in [0, 0.1) is 0 Å². The second kappa shape index (κ2) is 7.90. The smallest absolute Gasteiger partial charge is 0.126 e. The van der Waals surface area contributed by atoms with Crippen LogP contribution in [0.25, 0.3) is 0 Å². The van der Waals surface area contributed by atoms with Gasteiger partial charge in [0.05, 0.1) is 6.61 Å². The topological polar surface area (TPSA) is 113 Å². The standard InChI is InChI=1S/C7H14N6O/c1-10-2-7(4-14)3-11-5-13(9)6-12-8/h2-3,6,14H,1,4-5,8-9H2/b7-2+,11-3?,12-6-. The Morgan fingerprint density at radius 3 is 2.79 bits per heavy atom. The second-order valence-electron chi connectivity index (χ2n) is 2.28. The summed E-state index contributed by atoms with van der Waals surface area (Å²) in [5.41, 5.74) is 0.540. The quantitative estimate of drug-likeness (QED) is 0.212. The van der Waals surface area contributed by atoms with Crippen molar-refractivity contribution in [3.05, 3.63) is 11.8 Å². The van der Waals surface area contributed by atoms with Crippen LogP contribution < -0.4 is 11.7 Å². The zero-order valence-corrected chi connectivity index (χ0v) is 7.74. The summed E-state index contributed by atoms with van der Waals surface area (Å²) >= 11 is 0. The summed E-state index contributed by atoms with van der Waals surface area (Å²) in [6.07, 6.45) is 4.08. The average molecular weight is 198 g/mol. The molecule has 0 bridgehead atoms. The number of rotatable bonds is 6. The molecule has 0 saturated carbocycles. The van der Waals surface area contributed by atoms with Gasteiger partial charge in [-0.15, -0.1) is 0 Å². The van der Waals surface area contributed by atoms with Gasteiger partial charge in [0.1, 0.15) is 13.0 Å². The third-order valence-electron chi connectivity index (χ3n) is 1.16. The van der Waals surface area contributed by atoms with E-state index in [0.29, 0.717) is 5.57 Å². The molecule has 0 aliphatic rings. The van der Waals surface area contributed by atoms with Gasteiger partial charge in [-0.3, -0.25) is 15.0 Å². The predicted octanol–water partition coefficient (Wildman–Crippen LogP) is -1.33. The molecule has 0 aliphatic carbocycles. The highest BCUT2D eigenvalue weighted by Gasteiger charge is 1.90. The largest absolute Gasteiger partial charge is 0.392 e. The summed E-state index contributed by atoms with van der Waals surface area (Å²) in [6.45, 7) is 3.28. The molecular formula is C7H14N6O. The maximum Gasteiger partial charge on any atom is 0.126 e. The highest BCUT2D eigenvalue weighted by Crippen LogP contribution is 1.88. The summed E-state index contributed by atoms with van der Waals surface area (Å²) in [7, 11) is 0. The van der Waals surface area contributed by atoms with Crippen LogP contribution in [0.15, 0.2) is 26.9 Å². The summed E-state index contributed by atoms with van der Waals surface area (Å²) in [5.74, 6) is 10.2. The molecule has 0 saturated heterocycles. The van der Waals surface area contributed by atoms with Gasteiger partial charge in [-0.2, -0.15) is 5.10 Å². The number of hydrogen-bond acceptors (Lipinski definition) is 6. The van der Waals surface area contributed by atoms with Gasteiger partial charge < -0.3 is 10.9 Å². The minimum absolute atomic E-state index is 0.155. The fourth-order valence-corrected chi connectivity index (χ4v) is 0.607. The van der Waals surface area contributed by atoms with Crippen LogP contribution in [0.1, 0.15) is 0 Å². The second-order valence-corrected chi connectivity index (χ2v) is 2.28. The van der Waals surface area contributed by atoms with E-state index >= 15 is 0 Å². The highest BCUT2D eigenvalue weighted by molar-refractivity contribution is 5.78. The van der Waals surface area contributed by atoms with Crippen molar-refractivity contribution >= 4 is 19.3 Å². The Morgan fingerprint density at radius 2 is 2.29 bits per heavy atom. The minimum atomic E-state index is -0.155. The van der Waals surface area contributed by atoms with Gasteiger partial charge in [0, 0.05) is 18.0 Å². The molecule has 0 aliphatic heterocycles. The number of aliphatic hydroxyl groups excluding tert-OH is 1. The Labute approximate surface area is 82.1 Å². The zero-order chi connectivity index (χ0) is 10.8. The maximum absolute atomic E-state index is 8.79. The molecule has 0 aromatic heterocycles. The number of hydrazone groups is 1. The maximum atomic E-state index is 8.79. The third kappa shape index (κ3) is 5.86. The fraction of sp³-hybridized carbons (Fsp3) is 0.286. The number of nitrogens with zero attached hydrogens (tertiary/aromatic N) is 4. The van der Waals surface area contributed by atoms with E-state index in [0.717, 1.165) is 0 Å². The number of aliphatic imine (C=N–C) groups is 2. The average Bonchev–Trinajstić information content (AvgIpc) is 2.17. The van der Waals surface area contributed by atoms with E-state index in [-0.39, 0.29) is 13.3 Å². The van der Waals surface area contributed by atoms with Crippen molar-refractivity contribution in [1.82, 2.24) is 5.01 Å². The summed E-state index contributed by atoms with van der Waals surface area (Å²) in [4.78, 5) is 7.38. The molecule has 7 nitrogen and oxygen atoms in total. The monoisotopic (exact) mass is 198 g/mol. The molecule has 0 atom stereocenters. The van der Waals surface area contributed by atoms with Crippen molar-refractivity contribution in [3.8, 4) is 0 Å². The van der Waals surface area contributed by atoms with E-state index in [1.807, 2.05) is 0 Å². The Kier molecular flexibility index (Phi) is 6.92. The Morgan fingerprint density at radius 1 is 1.57 bits per heavy atom. The third-order valence-corrected chi connectivity index (χ3v) is 1.16. The molecule has 0 aromatic rings. The number of aliphatic hydroxyl groups is 1. The van der Waals surface area contributed by atoms with Crippen molar-refractivity contribution in [1.29, 1.82) is 0 Å². The predicted molar refractivity (Wildman–Crippen MR) is 56.8 cm³/mol. The molecule has 5 N–H and O–H groups in total. The SMILES string of the molecule is C=N/C=C(\C=NCN(N)/C=N\N)CO. The van der Waals surface area contributed by atoms with E-state index in [2.05, 4.69) is 21.8 Å². The molecule has 0 radical (unpaired) electrons. The molecule has 0 amide bonds.